The maximum Gasteiger partial charge on any atom is 0.445 e. The summed E-state index contributed by atoms with van der Waals surface area (Å²) in [5.41, 5.74) is 5.60. The Morgan fingerprint density at radius 2 is 1.88 bits per heavy atom. The van der Waals surface area contributed by atoms with Crippen molar-refractivity contribution in [2.24, 2.45) is 5.16 Å². The number of ether oxygens (including phenoxy) is 2. The molecule has 0 spiro atoms. The number of imidazole rings is 1. The molecule has 1 atom stereocenters. The van der Waals surface area contributed by atoms with Crippen molar-refractivity contribution < 1.29 is 19.1 Å². The fourth-order valence-corrected chi connectivity index (χ4v) is 4.88. The Kier molecular flexibility index (Phi) is 7.62. The van der Waals surface area contributed by atoms with E-state index in [4.69, 9.17) is 20.9 Å². The fourth-order valence-electron chi connectivity index (χ4n) is 4.88. The lowest BCUT2D eigenvalue weighted by molar-refractivity contribution is 0.0920. The first-order valence-electron chi connectivity index (χ1n) is 12.9. The summed E-state index contributed by atoms with van der Waals surface area (Å²) in [6.45, 7) is 14.7. The van der Waals surface area contributed by atoms with Crippen LogP contribution < -0.4 is 4.74 Å². The van der Waals surface area contributed by atoms with Crippen LogP contribution in [0.4, 0.5) is 10.5 Å². The van der Waals surface area contributed by atoms with Gasteiger partial charge in [-0.05, 0) is 74.2 Å². The number of carbonyl (C=O) groups is 1. The Morgan fingerprint density at radius 1 is 1.10 bits per heavy atom. The molecule has 0 saturated heterocycles. The molecule has 0 bridgehead atoms. The van der Waals surface area contributed by atoms with E-state index in [0.717, 1.165) is 45.0 Å². The molecule has 0 aliphatic rings. The Bertz CT molecular complexity index is 1760. The maximum absolute atomic E-state index is 12.6. The number of nitrogens with zero attached hydrogens (tertiary/aromatic N) is 5. The van der Waals surface area contributed by atoms with Gasteiger partial charge in [0.2, 0.25) is 0 Å². The normalized spacial score (nSPS) is 12.4. The number of carbonyl (C=O) groups excluding carboxylic acids is 1. The summed E-state index contributed by atoms with van der Waals surface area (Å²) in [7, 11) is 1.64. The van der Waals surface area contributed by atoms with Gasteiger partial charge in [0.15, 0.2) is 5.69 Å². The number of fused-ring (bicyclic) bond motifs is 3. The summed E-state index contributed by atoms with van der Waals surface area (Å²) in [4.78, 5) is 25.5. The molecule has 0 N–H and O–H groups in total. The van der Waals surface area contributed by atoms with E-state index in [2.05, 4.69) is 26.5 Å². The first-order chi connectivity index (χ1) is 19.4. The summed E-state index contributed by atoms with van der Waals surface area (Å²) in [6.07, 6.45) is 3.56. The second-order valence-electron chi connectivity index (χ2n) is 9.42. The maximum atomic E-state index is 12.6. The second-order valence-corrected chi connectivity index (χ2v) is 9.42. The van der Waals surface area contributed by atoms with Crippen molar-refractivity contribution in [3.63, 3.8) is 0 Å². The smallest absolute Gasteiger partial charge is 0.445 e. The van der Waals surface area contributed by atoms with Gasteiger partial charge in [-0.15, -0.1) is 0 Å². The summed E-state index contributed by atoms with van der Waals surface area (Å²) in [6, 6.07) is 17.5. The summed E-state index contributed by atoms with van der Waals surface area (Å²) < 4.78 is 14.6. The van der Waals surface area contributed by atoms with Crippen molar-refractivity contribution in [2.75, 3.05) is 13.7 Å². The minimum absolute atomic E-state index is 0.113. The van der Waals surface area contributed by atoms with Crippen LogP contribution in [-0.4, -0.2) is 45.7 Å². The fraction of sp³-hybridized carbons (Fsp3) is 0.226. The third-order valence-corrected chi connectivity index (χ3v) is 6.69. The molecule has 2 aromatic heterocycles. The molecule has 5 rings (SSSR count). The quantitative estimate of drug-likeness (QED) is 0.0953. The van der Waals surface area contributed by atoms with Gasteiger partial charge in [0, 0.05) is 53.6 Å². The van der Waals surface area contributed by atoms with Crippen molar-refractivity contribution in [3.05, 3.63) is 101 Å². The largest absolute Gasteiger partial charge is 0.488 e. The zero-order chi connectivity index (χ0) is 28.2. The predicted molar refractivity (Wildman–Crippen MR) is 154 cm³/mol. The van der Waals surface area contributed by atoms with Crippen LogP contribution in [0.3, 0.4) is 0 Å². The third kappa shape index (κ3) is 5.17. The number of hydrogen-bond donors (Lipinski definition) is 0. The van der Waals surface area contributed by atoms with Gasteiger partial charge in [0.1, 0.15) is 23.9 Å². The molecule has 0 aliphatic carbocycles. The van der Waals surface area contributed by atoms with Crippen molar-refractivity contribution in [1.82, 2.24) is 14.1 Å². The molecule has 3 aromatic carbocycles. The van der Waals surface area contributed by atoms with Crippen LogP contribution >= 0.6 is 0 Å². The van der Waals surface area contributed by atoms with Gasteiger partial charge in [0.25, 0.3) is 0 Å². The topological polar surface area (TPSA) is 84.2 Å². The van der Waals surface area contributed by atoms with E-state index in [1.54, 1.807) is 7.11 Å². The number of aryl methyl sites for hydroxylation is 2. The van der Waals surface area contributed by atoms with Gasteiger partial charge in [-0.2, -0.15) is 0 Å². The molecule has 9 nitrogen and oxygen atoms in total. The van der Waals surface area contributed by atoms with Crippen LogP contribution in [0.1, 0.15) is 30.5 Å². The van der Waals surface area contributed by atoms with Crippen LogP contribution in [0.2, 0.25) is 0 Å². The van der Waals surface area contributed by atoms with E-state index in [1.165, 1.54) is 23.3 Å². The Balaban J connectivity index is 1.63. The third-order valence-electron chi connectivity index (χ3n) is 6.69. The molecule has 0 aliphatic heterocycles. The minimum atomic E-state index is -0.675. The number of oxime groups is 1. The van der Waals surface area contributed by atoms with Crippen LogP contribution in [0.5, 0.6) is 5.75 Å². The van der Waals surface area contributed by atoms with Crippen molar-refractivity contribution in [2.45, 2.75) is 33.4 Å². The monoisotopic (exact) mass is 535 g/mol. The highest BCUT2D eigenvalue weighted by Crippen LogP contribution is 2.33. The van der Waals surface area contributed by atoms with E-state index in [9.17, 15) is 4.79 Å². The summed E-state index contributed by atoms with van der Waals surface area (Å²) in [5.74, 6) is 0.703. The first kappa shape index (κ1) is 26.7. The van der Waals surface area contributed by atoms with Gasteiger partial charge in [-0.1, -0.05) is 17.3 Å². The lowest BCUT2D eigenvalue weighted by Crippen LogP contribution is -2.18. The van der Waals surface area contributed by atoms with Crippen molar-refractivity contribution in [1.29, 1.82) is 0 Å². The zero-order valence-electron chi connectivity index (χ0n) is 22.8. The highest BCUT2D eigenvalue weighted by molar-refractivity contribution is 6.17. The second kappa shape index (κ2) is 11.4. The van der Waals surface area contributed by atoms with E-state index >= 15 is 0 Å². The minimum Gasteiger partial charge on any atom is -0.488 e. The molecule has 2 heterocycles. The highest BCUT2D eigenvalue weighted by Gasteiger charge is 2.18. The number of rotatable bonds is 8. The van der Waals surface area contributed by atoms with Crippen LogP contribution in [0.25, 0.3) is 26.7 Å². The van der Waals surface area contributed by atoms with Gasteiger partial charge in [-0.3, -0.25) is 4.84 Å². The molecule has 0 radical (unpaired) electrons. The molecule has 40 heavy (non-hydrogen) atoms. The van der Waals surface area contributed by atoms with Crippen LogP contribution in [-0.2, 0) is 16.1 Å². The number of methoxy groups -OCH3 is 1. The molecule has 0 amide bonds. The average Bonchev–Trinajstić information content (AvgIpc) is 3.60. The summed E-state index contributed by atoms with van der Waals surface area (Å²) in [5, 5.41) is 6.32. The van der Waals surface area contributed by atoms with Crippen molar-refractivity contribution >= 4 is 39.3 Å². The van der Waals surface area contributed by atoms with Crippen molar-refractivity contribution in [3.8, 4) is 5.75 Å². The molecule has 1 unspecified atom stereocenters. The lowest BCUT2D eigenvalue weighted by Gasteiger charge is -2.16. The van der Waals surface area contributed by atoms with Gasteiger partial charge in [0.05, 0.1) is 13.2 Å². The van der Waals surface area contributed by atoms with Crippen LogP contribution in [0, 0.1) is 13.5 Å². The lowest BCUT2D eigenvalue weighted by atomic mass is 9.96. The number of benzene rings is 3. The summed E-state index contributed by atoms with van der Waals surface area (Å²) >= 11 is 0. The molecular formula is C31H29N5O4. The number of hydrogen-bond acceptors (Lipinski definition) is 6. The van der Waals surface area contributed by atoms with Crippen LogP contribution in [0.15, 0.2) is 78.5 Å². The molecule has 9 heteroatoms. The standard InChI is InChI=1S/C31H29N5O4/c1-6-36-28-11-7-22(16-26(28)27-17-23(32-4)8-12-29(27)36)30(34-40-31(37)35-14-13-33-19-35)25-10-9-24(15-20(25)2)39-21(3)18-38-5/h7-17,19,21H,6,18H2,1-3,5H3/b34-30-. The van der Waals surface area contributed by atoms with Gasteiger partial charge in [-0.25, -0.2) is 19.2 Å². The van der Waals surface area contributed by atoms with E-state index in [0.29, 0.717) is 23.8 Å². The molecular weight excluding hydrogens is 506 g/mol. The van der Waals surface area contributed by atoms with E-state index in [-0.39, 0.29) is 6.10 Å². The highest BCUT2D eigenvalue weighted by atomic mass is 16.7. The first-order valence-corrected chi connectivity index (χ1v) is 12.9. The van der Waals surface area contributed by atoms with Gasteiger partial charge >= 0.3 is 6.09 Å². The average molecular weight is 536 g/mol. The predicted octanol–water partition coefficient (Wildman–Crippen LogP) is 6.72. The molecule has 0 fully saturated rings. The SMILES string of the molecule is [C-]#[N+]c1ccc2c(c1)c1cc(/C(=N/OC(=O)n3ccnc3)c3ccc(OC(C)COC)cc3C)ccc1n2CC. The Morgan fingerprint density at radius 3 is 2.55 bits per heavy atom. The van der Waals surface area contributed by atoms with Gasteiger partial charge < -0.3 is 14.0 Å². The van der Waals surface area contributed by atoms with E-state index in [1.807, 2.05) is 68.4 Å². The molecule has 5 aromatic rings. The Labute approximate surface area is 232 Å². The van der Waals surface area contributed by atoms with E-state index < -0.39 is 6.09 Å². The number of aromatic nitrogens is 3. The molecule has 202 valence electrons. The molecule has 0 saturated carbocycles. The zero-order valence-corrected chi connectivity index (χ0v) is 22.8. The Hall–Kier alpha value is -4.94.